The van der Waals surface area contributed by atoms with Crippen molar-refractivity contribution in [2.45, 2.75) is 32.2 Å². The fraction of sp³-hybridized carbons (Fsp3) is 0.400. The predicted octanol–water partition coefficient (Wildman–Crippen LogP) is 2.01. The minimum atomic E-state index is -0.148. The van der Waals surface area contributed by atoms with Crippen LogP contribution in [0.15, 0.2) is 18.2 Å². The number of hydrogen-bond donors (Lipinski definition) is 3. The van der Waals surface area contributed by atoms with Crippen LogP contribution in [0, 0.1) is 18.8 Å². The highest BCUT2D eigenvalue weighted by Gasteiger charge is 2.23. The van der Waals surface area contributed by atoms with Gasteiger partial charge in [-0.1, -0.05) is 11.8 Å². The average Bonchev–Trinajstić information content (AvgIpc) is 3.17. The lowest BCUT2D eigenvalue weighted by atomic mass is 10.1. The molecule has 1 saturated carbocycles. The predicted molar refractivity (Wildman–Crippen MR) is 74.9 cm³/mol. The van der Waals surface area contributed by atoms with Crippen LogP contribution in [0.3, 0.4) is 0 Å². The molecule has 0 unspecified atom stereocenters. The number of rotatable bonds is 3. The quantitative estimate of drug-likeness (QED) is 0.726. The average molecular weight is 258 g/mol. The molecule has 2 amide bonds. The van der Waals surface area contributed by atoms with Crippen molar-refractivity contribution >= 4 is 11.7 Å². The summed E-state index contributed by atoms with van der Waals surface area (Å²) in [6.07, 6.45) is 2.63. The fourth-order valence-electron chi connectivity index (χ4n) is 1.67. The number of hydrogen-bond acceptors (Lipinski definition) is 2. The first-order valence-corrected chi connectivity index (χ1v) is 6.47. The van der Waals surface area contributed by atoms with E-state index in [0.29, 0.717) is 12.5 Å². The van der Waals surface area contributed by atoms with Crippen molar-refractivity contribution in [2.75, 3.05) is 11.9 Å². The Morgan fingerprint density at radius 3 is 2.89 bits per heavy atom. The van der Waals surface area contributed by atoms with Crippen molar-refractivity contribution < 1.29 is 9.90 Å². The van der Waals surface area contributed by atoms with E-state index in [2.05, 4.69) is 22.5 Å². The van der Waals surface area contributed by atoms with Crippen molar-refractivity contribution in [1.29, 1.82) is 0 Å². The summed E-state index contributed by atoms with van der Waals surface area (Å²) in [4.78, 5) is 11.6. The number of carbonyl (C=O) groups excluding carboxylic acids is 1. The van der Waals surface area contributed by atoms with E-state index in [-0.39, 0.29) is 12.6 Å². The van der Waals surface area contributed by atoms with E-state index in [1.165, 1.54) is 0 Å². The van der Waals surface area contributed by atoms with Gasteiger partial charge in [-0.2, -0.15) is 0 Å². The molecular formula is C15H18N2O2. The highest BCUT2D eigenvalue weighted by Crippen LogP contribution is 2.20. The van der Waals surface area contributed by atoms with E-state index in [0.717, 1.165) is 29.7 Å². The lowest BCUT2D eigenvalue weighted by Gasteiger charge is -2.09. The number of urea groups is 1. The summed E-state index contributed by atoms with van der Waals surface area (Å²) < 4.78 is 0. The summed E-state index contributed by atoms with van der Waals surface area (Å²) in [6, 6.07) is 5.85. The molecule has 0 saturated heterocycles. The molecule has 1 fully saturated rings. The van der Waals surface area contributed by atoms with Crippen LogP contribution in [-0.2, 0) is 0 Å². The Labute approximate surface area is 113 Å². The molecule has 0 heterocycles. The maximum absolute atomic E-state index is 11.6. The lowest BCUT2D eigenvalue weighted by Crippen LogP contribution is -2.30. The standard InChI is InChI=1S/C15H18N2O2/c1-11-10-12(4-2-3-9-18)5-8-14(11)17-15(19)16-13-6-7-13/h5,8,10,13,18H,3,6-7,9H2,1H3,(H2,16,17,19). The summed E-state index contributed by atoms with van der Waals surface area (Å²) >= 11 is 0. The summed E-state index contributed by atoms with van der Waals surface area (Å²) in [6.45, 7) is 2.01. The van der Waals surface area contributed by atoms with E-state index in [1.54, 1.807) is 0 Å². The molecule has 1 aliphatic rings. The molecule has 4 nitrogen and oxygen atoms in total. The number of nitrogens with one attached hydrogen (secondary N) is 2. The SMILES string of the molecule is Cc1cc(C#CCCO)ccc1NC(=O)NC1CC1. The smallest absolute Gasteiger partial charge is 0.319 e. The third kappa shape index (κ3) is 4.31. The van der Waals surface area contributed by atoms with Crippen molar-refractivity contribution in [1.82, 2.24) is 5.32 Å². The molecule has 1 aliphatic carbocycles. The number of aryl methyl sites for hydroxylation is 1. The van der Waals surface area contributed by atoms with Crippen molar-refractivity contribution in [3.8, 4) is 11.8 Å². The Balaban J connectivity index is 1.98. The van der Waals surface area contributed by atoms with Gasteiger partial charge in [0.2, 0.25) is 0 Å². The fourth-order valence-corrected chi connectivity index (χ4v) is 1.67. The Morgan fingerprint density at radius 2 is 2.26 bits per heavy atom. The third-order valence-electron chi connectivity index (χ3n) is 2.86. The van der Waals surface area contributed by atoms with E-state index >= 15 is 0 Å². The second-order valence-corrected chi connectivity index (χ2v) is 4.68. The molecule has 0 aliphatic heterocycles. The number of aliphatic hydroxyl groups excluding tert-OH is 1. The van der Waals surface area contributed by atoms with Gasteiger partial charge in [0.05, 0.1) is 6.61 Å². The van der Waals surface area contributed by atoms with Gasteiger partial charge in [-0.05, 0) is 43.5 Å². The molecule has 100 valence electrons. The van der Waals surface area contributed by atoms with Gasteiger partial charge < -0.3 is 15.7 Å². The van der Waals surface area contributed by atoms with Crippen LogP contribution in [0.4, 0.5) is 10.5 Å². The maximum atomic E-state index is 11.6. The Kier molecular flexibility index (Phi) is 4.43. The van der Waals surface area contributed by atoms with E-state index in [4.69, 9.17) is 5.11 Å². The molecule has 2 rings (SSSR count). The summed E-state index contributed by atoms with van der Waals surface area (Å²) in [5, 5.41) is 14.4. The van der Waals surface area contributed by atoms with Gasteiger partial charge in [-0.15, -0.1) is 0 Å². The van der Waals surface area contributed by atoms with Crippen LogP contribution < -0.4 is 10.6 Å². The van der Waals surface area contributed by atoms with Crippen molar-refractivity contribution in [3.05, 3.63) is 29.3 Å². The van der Waals surface area contributed by atoms with Crippen LogP contribution in [0.5, 0.6) is 0 Å². The van der Waals surface area contributed by atoms with Gasteiger partial charge in [0.25, 0.3) is 0 Å². The third-order valence-corrected chi connectivity index (χ3v) is 2.86. The van der Waals surface area contributed by atoms with Crippen LogP contribution in [0.2, 0.25) is 0 Å². The van der Waals surface area contributed by atoms with E-state index in [9.17, 15) is 4.79 Å². The number of amides is 2. The van der Waals surface area contributed by atoms with E-state index < -0.39 is 0 Å². The molecule has 0 spiro atoms. The number of anilines is 1. The van der Waals surface area contributed by atoms with Crippen LogP contribution >= 0.6 is 0 Å². The molecular weight excluding hydrogens is 240 g/mol. The maximum Gasteiger partial charge on any atom is 0.319 e. The van der Waals surface area contributed by atoms with Gasteiger partial charge in [0.15, 0.2) is 0 Å². The molecule has 0 atom stereocenters. The summed E-state index contributed by atoms with van der Waals surface area (Å²) in [7, 11) is 0. The zero-order chi connectivity index (χ0) is 13.7. The van der Waals surface area contributed by atoms with Gasteiger partial charge in [0.1, 0.15) is 0 Å². The van der Waals surface area contributed by atoms with Crippen LogP contribution in [0.25, 0.3) is 0 Å². The minimum absolute atomic E-state index is 0.0763. The lowest BCUT2D eigenvalue weighted by molar-refractivity contribution is 0.251. The number of carbonyl (C=O) groups is 1. The summed E-state index contributed by atoms with van der Waals surface area (Å²) in [5.41, 5.74) is 2.66. The molecule has 1 aromatic carbocycles. The normalized spacial score (nSPS) is 13.4. The van der Waals surface area contributed by atoms with Crippen molar-refractivity contribution in [2.24, 2.45) is 0 Å². The number of benzene rings is 1. The van der Waals surface area contributed by atoms with Gasteiger partial charge >= 0.3 is 6.03 Å². The zero-order valence-corrected chi connectivity index (χ0v) is 11.0. The first kappa shape index (κ1) is 13.4. The first-order chi connectivity index (χ1) is 9.19. The monoisotopic (exact) mass is 258 g/mol. The Morgan fingerprint density at radius 1 is 1.47 bits per heavy atom. The molecule has 1 aromatic rings. The zero-order valence-electron chi connectivity index (χ0n) is 11.0. The van der Waals surface area contributed by atoms with Gasteiger partial charge in [-0.3, -0.25) is 0 Å². The van der Waals surface area contributed by atoms with Gasteiger partial charge in [0, 0.05) is 23.7 Å². The number of aliphatic hydroxyl groups is 1. The molecule has 3 N–H and O–H groups in total. The molecule has 0 radical (unpaired) electrons. The highest BCUT2D eigenvalue weighted by atomic mass is 16.2. The Hall–Kier alpha value is -1.99. The molecule has 4 heteroatoms. The topological polar surface area (TPSA) is 61.4 Å². The first-order valence-electron chi connectivity index (χ1n) is 6.47. The van der Waals surface area contributed by atoms with Gasteiger partial charge in [-0.25, -0.2) is 4.79 Å². The molecule has 0 aromatic heterocycles. The van der Waals surface area contributed by atoms with Crippen LogP contribution in [-0.4, -0.2) is 23.8 Å². The second kappa shape index (κ2) is 6.26. The molecule has 19 heavy (non-hydrogen) atoms. The summed E-state index contributed by atoms with van der Waals surface area (Å²) in [5.74, 6) is 5.84. The Bertz CT molecular complexity index is 525. The molecule has 0 bridgehead atoms. The van der Waals surface area contributed by atoms with Crippen molar-refractivity contribution in [3.63, 3.8) is 0 Å². The van der Waals surface area contributed by atoms with E-state index in [1.807, 2.05) is 25.1 Å². The van der Waals surface area contributed by atoms with Crippen LogP contribution in [0.1, 0.15) is 30.4 Å². The largest absolute Gasteiger partial charge is 0.395 e. The second-order valence-electron chi connectivity index (χ2n) is 4.68. The highest BCUT2D eigenvalue weighted by molar-refractivity contribution is 5.90. The minimum Gasteiger partial charge on any atom is -0.395 e.